The van der Waals surface area contributed by atoms with E-state index < -0.39 is 5.60 Å². The van der Waals surface area contributed by atoms with E-state index in [0.717, 1.165) is 19.3 Å². The first-order valence-corrected chi connectivity index (χ1v) is 3.92. The number of fused-ring (bicyclic) bond motifs is 2. The summed E-state index contributed by atoms with van der Waals surface area (Å²) in [6, 6.07) is 0. The fourth-order valence-electron chi connectivity index (χ4n) is 2.34. The van der Waals surface area contributed by atoms with Crippen LogP contribution in [0, 0.1) is 0 Å². The van der Waals surface area contributed by atoms with Crippen LogP contribution in [0.5, 0.6) is 0 Å². The first-order valence-electron chi connectivity index (χ1n) is 3.92. The minimum absolute atomic E-state index is 0.00579. The van der Waals surface area contributed by atoms with E-state index >= 15 is 0 Å². The van der Waals surface area contributed by atoms with Crippen molar-refractivity contribution in [3.05, 3.63) is 0 Å². The van der Waals surface area contributed by atoms with Crippen molar-refractivity contribution < 1.29 is 9.84 Å². The van der Waals surface area contributed by atoms with Crippen LogP contribution in [-0.4, -0.2) is 22.4 Å². The summed E-state index contributed by atoms with van der Waals surface area (Å²) in [5, 5.41) is 9.72. The third-order valence-electron chi connectivity index (χ3n) is 2.79. The SMILES string of the molecule is CC12CCC(O1)C(C)(O)C2. The highest BCUT2D eigenvalue weighted by atomic mass is 16.5. The molecule has 0 spiro atoms. The van der Waals surface area contributed by atoms with Crippen LogP contribution in [0.1, 0.15) is 33.1 Å². The van der Waals surface area contributed by atoms with Crippen LogP contribution >= 0.6 is 0 Å². The highest BCUT2D eigenvalue weighted by Gasteiger charge is 2.54. The summed E-state index contributed by atoms with van der Waals surface area (Å²) in [5.41, 5.74) is -0.554. The molecule has 2 aliphatic heterocycles. The van der Waals surface area contributed by atoms with Crippen molar-refractivity contribution in [2.75, 3.05) is 0 Å². The molecule has 2 bridgehead atoms. The predicted molar refractivity (Wildman–Crippen MR) is 37.8 cm³/mol. The lowest BCUT2D eigenvalue weighted by Gasteiger charge is -2.27. The van der Waals surface area contributed by atoms with Crippen LogP contribution in [0.2, 0.25) is 0 Å². The molecule has 0 aliphatic carbocycles. The van der Waals surface area contributed by atoms with Gasteiger partial charge in [0.25, 0.3) is 0 Å². The van der Waals surface area contributed by atoms with Crippen molar-refractivity contribution in [3.63, 3.8) is 0 Å². The van der Waals surface area contributed by atoms with Gasteiger partial charge in [0.1, 0.15) is 0 Å². The van der Waals surface area contributed by atoms with Crippen LogP contribution in [0.3, 0.4) is 0 Å². The molecule has 0 aromatic carbocycles. The lowest BCUT2D eigenvalue weighted by atomic mass is 9.80. The monoisotopic (exact) mass is 142 g/mol. The maximum atomic E-state index is 9.72. The first-order chi connectivity index (χ1) is 4.52. The van der Waals surface area contributed by atoms with Crippen molar-refractivity contribution in [3.8, 4) is 0 Å². The van der Waals surface area contributed by atoms with Crippen LogP contribution in [0.15, 0.2) is 0 Å². The van der Waals surface area contributed by atoms with Gasteiger partial charge in [-0.05, 0) is 26.7 Å². The van der Waals surface area contributed by atoms with E-state index in [-0.39, 0.29) is 11.7 Å². The van der Waals surface area contributed by atoms with E-state index in [0.29, 0.717) is 0 Å². The summed E-state index contributed by atoms with van der Waals surface area (Å²) in [6.45, 7) is 3.97. The van der Waals surface area contributed by atoms with Crippen molar-refractivity contribution in [2.24, 2.45) is 0 Å². The van der Waals surface area contributed by atoms with Crippen LogP contribution in [-0.2, 0) is 4.74 Å². The summed E-state index contributed by atoms with van der Waals surface area (Å²) >= 11 is 0. The third kappa shape index (κ3) is 0.722. The van der Waals surface area contributed by atoms with Crippen molar-refractivity contribution >= 4 is 0 Å². The average molecular weight is 142 g/mol. The molecule has 2 aliphatic rings. The second-order valence-corrected chi connectivity index (χ2v) is 4.13. The predicted octanol–water partition coefficient (Wildman–Crippen LogP) is 1.08. The van der Waals surface area contributed by atoms with E-state index in [1.807, 2.05) is 6.92 Å². The summed E-state index contributed by atoms with van der Waals surface area (Å²) in [4.78, 5) is 0. The van der Waals surface area contributed by atoms with Gasteiger partial charge < -0.3 is 9.84 Å². The molecule has 2 rings (SSSR count). The Hall–Kier alpha value is -0.0800. The summed E-state index contributed by atoms with van der Waals surface area (Å²) in [6.07, 6.45) is 3.07. The van der Waals surface area contributed by atoms with Gasteiger partial charge in [-0.15, -0.1) is 0 Å². The molecule has 0 saturated carbocycles. The molecule has 2 heterocycles. The molecule has 0 aromatic rings. The van der Waals surface area contributed by atoms with E-state index in [1.165, 1.54) is 0 Å². The minimum Gasteiger partial charge on any atom is -0.387 e. The molecule has 0 radical (unpaired) electrons. The van der Waals surface area contributed by atoms with Crippen LogP contribution in [0.4, 0.5) is 0 Å². The normalized spacial score (nSPS) is 59.7. The standard InChI is InChI=1S/C8H14O2/c1-7-4-3-6(10-7)8(2,9)5-7/h6,9H,3-5H2,1-2H3. The van der Waals surface area contributed by atoms with Gasteiger partial charge >= 0.3 is 0 Å². The summed E-state index contributed by atoms with van der Waals surface area (Å²) < 4.78 is 5.62. The number of hydrogen-bond donors (Lipinski definition) is 1. The van der Waals surface area contributed by atoms with Gasteiger partial charge in [-0.2, -0.15) is 0 Å². The number of aliphatic hydroxyl groups is 1. The highest BCUT2D eigenvalue weighted by molar-refractivity contribution is 5.05. The van der Waals surface area contributed by atoms with Gasteiger partial charge in [0, 0.05) is 6.42 Å². The molecule has 2 heteroatoms. The van der Waals surface area contributed by atoms with Crippen LogP contribution < -0.4 is 0 Å². The molecule has 1 N–H and O–H groups in total. The molecule has 3 unspecified atom stereocenters. The number of rotatable bonds is 0. The van der Waals surface area contributed by atoms with Gasteiger partial charge in [-0.3, -0.25) is 0 Å². The molecular formula is C8H14O2. The van der Waals surface area contributed by atoms with Crippen molar-refractivity contribution in [1.82, 2.24) is 0 Å². The second-order valence-electron chi connectivity index (χ2n) is 4.13. The molecule has 0 amide bonds. The number of ether oxygens (including phenoxy) is 1. The first kappa shape index (κ1) is 6.62. The van der Waals surface area contributed by atoms with Crippen molar-refractivity contribution in [1.29, 1.82) is 0 Å². The fraction of sp³-hybridized carbons (Fsp3) is 1.00. The largest absolute Gasteiger partial charge is 0.387 e. The molecule has 2 nitrogen and oxygen atoms in total. The van der Waals surface area contributed by atoms with E-state index in [1.54, 1.807) is 0 Å². The second kappa shape index (κ2) is 1.56. The zero-order valence-corrected chi connectivity index (χ0v) is 6.55. The fourth-order valence-corrected chi connectivity index (χ4v) is 2.34. The van der Waals surface area contributed by atoms with Gasteiger partial charge in [-0.1, -0.05) is 0 Å². The van der Waals surface area contributed by atoms with Gasteiger partial charge in [0.05, 0.1) is 17.3 Å². The lowest BCUT2D eigenvalue weighted by Crippen LogP contribution is -2.37. The van der Waals surface area contributed by atoms with E-state index in [4.69, 9.17) is 4.74 Å². The Labute approximate surface area is 61.2 Å². The zero-order chi connectivity index (χ0) is 7.41. The lowest BCUT2D eigenvalue weighted by molar-refractivity contribution is -0.0241. The number of hydrogen-bond acceptors (Lipinski definition) is 2. The quantitative estimate of drug-likeness (QED) is 0.548. The van der Waals surface area contributed by atoms with Crippen molar-refractivity contribution in [2.45, 2.75) is 50.4 Å². The zero-order valence-electron chi connectivity index (χ0n) is 6.55. The van der Waals surface area contributed by atoms with E-state index in [9.17, 15) is 5.11 Å². The van der Waals surface area contributed by atoms with Gasteiger partial charge in [0.2, 0.25) is 0 Å². The van der Waals surface area contributed by atoms with Gasteiger partial charge in [0.15, 0.2) is 0 Å². The molecular weight excluding hydrogens is 128 g/mol. The average Bonchev–Trinajstić information content (AvgIpc) is 2.16. The summed E-state index contributed by atoms with van der Waals surface area (Å²) in [7, 11) is 0. The molecule has 2 fully saturated rings. The Kier molecular flexibility index (Phi) is 1.03. The smallest absolute Gasteiger partial charge is 0.0907 e. The Bertz CT molecular complexity index is 162. The molecule has 58 valence electrons. The Balaban J connectivity index is 2.25. The third-order valence-corrected chi connectivity index (χ3v) is 2.79. The van der Waals surface area contributed by atoms with Gasteiger partial charge in [-0.25, -0.2) is 0 Å². The Morgan fingerprint density at radius 1 is 1.50 bits per heavy atom. The maximum Gasteiger partial charge on any atom is 0.0907 e. The molecule has 10 heavy (non-hydrogen) atoms. The summed E-state index contributed by atoms with van der Waals surface area (Å²) in [5.74, 6) is 0. The van der Waals surface area contributed by atoms with Crippen LogP contribution in [0.25, 0.3) is 0 Å². The molecule has 0 aromatic heterocycles. The van der Waals surface area contributed by atoms with E-state index in [2.05, 4.69) is 6.92 Å². The minimum atomic E-state index is -0.549. The molecule has 2 saturated heterocycles. The maximum absolute atomic E-state index is 9.72. The highest BCUT2D eigenvalue weighted by Crippen LogP contribution is 2.48. The Morgan fingerprint density at radius 2 is 2.20 bits per heavy atom. The molecule has 3 atom stereocenters. The topological polar surface area (TPSA) is 29.5 Å². The Morgan fingerprint density at radius 3 is 2.40 bits per heavy atom.